The van der Waals surface area contributed by atoms with Crippen molar-refractivity contribution in [2.45, 2.75) is 31.3 Å². The van der Waals surface area contributed by atoms with E-state index in [0.29, 0.717) is 13.0 Å². The Bertz CT molecular complexity index is 695. The Balaban J connectivity index is 2.02. The molecular formula is C14H19N3O3S. The molecule has 0 amide bonds. The summed E-state index contributed by atoms with van der Waals surface area (Å²) in [5, 5.41) is 12.7. The average molecular weight is 309 g/mol. The molecule has 1 aromatic carbocycles. The molecule has 2 rings (SSSR count). The van der Waals surface area contributed by atoms with Gasteiger partial charge in [0, 0.05) is 25.9 Å². The van der Waals surface area contributed by atoms with Crippen LogP contribution in [0.3, 0.4) is 0 Å². The van der Waals surface area contributed by atoms with Gasteiger partial charge in [-0.3, -0.25) is 4.68 Å². The van der Waals surface area contributed by atoms with Gasteiger partial charge in [-0.25, -0.2) is 13.1 Å². The number of aliphatic hydroxyl groups excluding tert-OH is 1. The minimum Gasteiger partial charge on any atom is -0.396 e. The number of hydrogen-bond acceptors (Lipinski definition) is 4. The molecule has 114 valence electrons. The second kappa shape index (κ2) is 6.84. The summed E-state index contributed by atoms with van der Waals surface area (Å²) in [6.07, 6.45) is 3.32. The van der Waals surface area contributed by atoms with Crippen molar-refractivity contribution >= 4 is 10.0 Å². The van der Waals surface area contributed by atoms with Crippen LogP contribution >= 0.6 is 0 Å². The van der Waals surface area contributed by atoms with Gasteiger partial charge in [-0.15, -0.1) is 0 Å². The molecule has 1 heterocycles. The molecule has 7 heteroatoms. The molecule has 0 unspecified atom stereocenters. The number of sulfonamides is 1. The standard InChI is InChI=1S/C14H19N3O3S/c1-12-4-2-5-13(8-12)9-16-21(19,20)14-10-15-17(11-14)6-3-7-18/h2,4-5,8,10-11,16,18H,3,6-7,9H2,1H3. The molecule has 2 N–H and O–H groups in total. The van der Waals surface area contributed by atoms with E-state index >= 15 is 0 Å². The molecule has 0 aliphatic heterocycles. The summed E-state index contributed by atoms with van der Waals surface area (Å²) in [6, 6.07) is 7.67. The summed E-state index contributed by atoms with van der Waals surface area (Å²) in [5.74, 6) is 0. The predicted molar refractivity (Wildman–Crippen MR) is 79.1 cm³/mol. The summed E-state index contributed by atoms with van der Waals surface area (Å²) >= 11 is 0. The van der Waals surface area contributed by atoms with Crippen molar-refractivity contribution in [2.75, 3.05) is 6.61 Å². The lowest BCUT2D eigenvalue weighted by atomic mass is 10.1. The smallest absolute Gasteiger partial charge is 0.243 e. The van der Waals surface area contributed by atoms with Crippen molar-refractivity contribution in [1.82, 2.24) is 14.5 Å². The summed E-state index contributed by atoms with van der Waals surface area (Å²) < 4.78 is 28.4. The highest BCUT2D eigenvalue weighted by Gasteiger charge is 2.16. The van der Waals surface area contributed by atoms with Crippen LogP contribution in [0.15, 0.2) is 41.6 Å². The maximum Gasteiger partial charge on any atom is 0.243 e. The predicted octanol–water partition coefficient (Wildman–Crippen LogP) is 1.05. The van der Waals surface area contributed by atoms with E-state index in [1.165, 1.54) is 17.1 Å². The summed E-state index contributed by atoms with van der Waals surface area (Å²) in [6.45, 7) is 2.74. The molecule has 2 aromatic rings. The molecule has 0 fully saturated rings. The van der Waals surface area contributed by atoms with Gasteiger partial charge in [0.05, 0.1) is 6.20 Å². The molecule has 0 aliphatic rings. The summed E-state index contributed by atoms with van der Waals surface area (Å²) in [4.78, 5) is 0.132. The fourth-order valence-electron chi connectivity index (χ4n) is 1.92. The minimum atomic E-state index is -3.57. The molecule has 1 aromatic heterocycles. The van der Waals surface area contributed by atoms with Crippen molar-refractivity contribution in [3.05, 3.63) is 47.8 Å². The van der Waals surface area contributed by atoms with Gasteiger partial charge in [0.15, 0.2) is 0 Å². The Kier molecular flexibility index (Phi) is 5.11. The van der Waals surface area contributed by atoms with E-state index in [0.717, 1.165) is 11.1 Å². The van der Waals surface area contributed by atoms with Crippen molar-refractivity contribution in [2.24, 2.45) is 0 Å². The molecule has 0 radical (unpaired) electrons. The monoisotopic (exact) mass is 309 g/mol. The molecular weight excluding hydrogens is 290 g/mol. The third-order valence-corrected chi connectivity index (χ3v) is 4.37. The summed E-state index contributed by atoms with van der Waals surface area (Å²) in [5.41, 5.74) is 2.00. The van der Waals surface area contributed by atoms with E-state index in [1.807, 2.05) is 31.2 Å². The van der Waals surface area contributed by atoms with Gasteiger partial charge in [-0.2, -0.15) is 5.10 Å². The van der Waals surface area contributed by atoms with Crippen LogP contribution in [0.25, 0.3) is 0 Å². The third-order valence-electron chi connectivity index (χ3n) is 3.01. The van der Waals surface area contributed by atoms with E-state index in [1.54, 1.807) is 0 Å². The van der Waals surface area contributed by atoms with Crippen LogP contribution in [-0.4, -0.2) is 29.9 Å². The van der Waals surface area contributed by atoms with Gasteiger partial charge in [0.2, 0.25) is 10.0 Å². The van der Waals surface area contributed by atoms with Crippen molar-refractivity contribution in [3.8, 4) is 0 Å². The lowest BCUT2D eigenvalue weighted by Gasteiger charge is -2.05. The number of aromatic nitrogens is 2. The first-order chi connectivity index (χ1) is 10.0. The van der Waals surface area contributed by atoms with Crippen molar-refractivity contribution in [1.29, 1.82) is 0 Å². The zero-order chi connectivity index (χ0) is 15.3. The molecule has 0 aliphatic carbocycles. The average Bonchev–Trinajstić information content (AvgIpc) is 2.93. The number of aryl methyl sites for hydroxylation is 2. The highest BCUT2D eigenvalue weighted by molar-refractivity contribution is 7.89. The van der Waals surface area contributed by atoms with Crippen LogP contribution < -0.4 is 4.72 Å². The Morgan fingerprint density at radius 2 is 2.19 bits per heavy atom. The number of benzene rings is 1. The Labute approximate surface area is 124 Å². The maximum atomic E-state index is 12.2. The van der Waals surface area contributed by atoms with E-state index in [2.05, 4.69) is 9.82 Å². The van der Waals surface area contributed by atoms with Gasteiger partial charge in [-0.1, -0.05) is 29.8 Å². The van der Waals surface area contributed by atoms with Gasteiger partial charge >= 0.3 is 0 Å². The number of nitrogens with one attached hydrogen (secondary N) is 1. The van der Waals surface area contributed by atoms with Crippen LogP contribution in [0.1, 0.15) is 17.5 Å². The van der Waals surface area contributed by atoms with E-state index < -0.39 is 10.0 Å². The quantitative estimate of drug-likeness (QED) is 0.801. The Hall–Kier alpha value is -1.70. The Morgan fingerprint density at radius 1 is 1.38 bits per heavy atom. The largest absolute Gasteiger partial charge is 0.396 e. The lowest BCUT2D eigenvalue weighted by Crippen LogP contribution is -2.22. The fraction of sp³-hybridized carbons (Fsp3) is 0.357. The van der Waals surface area contributed by atoms with Gasteiger partial charge < -0.3 is 5.11 Å². The molecule has 6 nitrogen and oxygen atoms in total. The second-order valence-corrected chi connectivity index (χ2v) is 6.60. The third kappa shape index (κ3) is 4.38. The molecule has 21 heavy (non-hydrogen) atoms. The maximum absolute atomic E-state index is 12.2. The first kappa shape index (κ1) is 15.7. The van der Waals surface area contributed by atoms with Crippen molar-refractivity contribution in [3.63, 3.8) is 0 Å². The van der Waals surface area contributed by atoms with E-state index in [-0.39, 0.29) is 18.0 Å². The molecule has 0 bridgehead atoms. The number of nitrogens with zero attached hydrogens (tertiary/aromatic N) is 2. The number of rotatable bonds is 7. The highest BCUT2D eigenvalue weighted by Crippen LogP contribution is 2.09. The zero-order valence-corrected chi connectivity index (χ0v) is 12.7. The first-order valence-corrected chi connectivity index (χ1v) is 8.18. The van der Waals surface area contributed by atoms with Crippen LogP contribution in [0.2, 0.25) is 0 Å². The SMILES string of the molecule is Cc1cccc(CNS(=O)(=O)c2cnn(CCCO)c2)c1. The summed E-state index contributed by atoms with van der Waals surface area (Å²) in [7, 11) is -3.57. The van der Waals surface area contributed by atoms with Gasteiger partial charge in [0.1, 0.15) is 4.90 Å². The lowest BCUT2D eigenvalue weighted by molar-refractivity contribution is 0.277. The second-order valence-electron chi connectivity index (χ2n) is 4.83. The normalized spacial score (nSPS) is 11.7. The van der Waals surface area contributed by atoms with E-state index in [9.17, 15) is 8.42 Å². The highest BCUT2D eigenvalue weighted by atomic mass is 32.2. The fourth-order valence-corrected chi connectivity index (χ4v) is 2.89. The topological polar surface area (TPSA) is 84.2 Å². The molecule has 0 saturated carbocycles. The van der Waals surface area contributed by atoms with Crippen LogP contribution in [0.5, 0.6) is 0 Å². The van der Waals surface area contributed by atoms with Gasteiger partial charge in [0.25, 0.3) is 0 Å². The van der Waals surface area contributed by atoms with Crippen molar-refractivity contribution < 1.29 is 13.5 Å². The zero-order valence-electron chi connectivity index (χ0n) is 11.9. The number of aliphatic hydroxyl groups is 1. The Morgan fingerprint density at radius 3 is 2.90 bits per heavy atom. The van der Waals surface area contributed by atoms with Crippen LogP contribution in [0.4, 0.5) is 0 Å². The molecule has 0 spiro atoms. The van der Waals surface area contributed by atoms with Crippen LogP contribution in [0, 0.1) is 6.92 Å². The van der Waals surface area contributed by atoms with Crippen LogP contribution in [-0.2, 0) is 23.1 Å². The van der Waals surface area contributed by atoms with Gasteiger partial charge in [-0.05, 0) is 18.9 Å². The number of hydrogen-bond donors (Lipinski definition) is 2. The minimum absolute atomic E-state index is 0.0492. The molecule has 0 saturated heterocycles. The van der Waals surface area contributed by atoms with E-state index in [4.69, 9.17) is 5.11 Å². The first-order valence-electron chi connectivity index (χ1n) is 6.70. The molecule has 0 atom stereocenters.